The maximum atomic E-state index is 13.4. The summed E-state index contributed by atoms with van der Waals surface area (Å²) < 4.78 is 40.2. The van der Waals surface area contributed by atoms with E-state index in [0.29, 0.717) is 6.20 Å². The fourth-order valence-corrected chi connectivity index (χ4v) is 3.08. The Labute approximate surface area is 139 Å². The molecule has 1 saturated heterocycles. The number of esters is 1. The number of aromatic amines is 1. The van der Waals surface area contributed by atoms with Gasteiger partial charge >= 0.3 is 19.5 Å². The van der Waals surface area contributed by atoms with Gasteiger partial charge in [0.25, 0.3) is 5.56 Å². The first kappa shape index (κ1) is 19.5. The van der Waals surface area contributed by atoms with Gasteiger partial charge in [0.1, 0.15) is 18.4 Å². The second kappa shape index (κ2) is 7.18. The highest BCUT2D eigenvalue weighted by atomic mass is 31.2. The van der Waals surface area contributed by atoms with Crippen molar-refractivity contribution in [2.24, 2.45) is 0 Å². The van der Waals surface area contributed by atoms with Gasteiger partial charge in [0.05, 0.1) is 12.3 Å². The van der Waals surface area contributed by atoms with Crippen molar-refractivity contribution in [3.05, 3.63) is 32.9 Å². The van der Waals surface area contributed by atoms with Gasteiger partial charge < -0.3 is 19.3 Å². The van der Waals surface area contributed by atoms with Crippen molar-refractivity contribution in [1.82, 2.24) is 9.55 Å². The zero-order valence-corrected chi connectivity index (χ0v) is 14.0. The number of nitrogens with zero attached hydrogens (tertiary/aromatic N) is 1. The summed E-state index contributed by atoms with van der Waals surface area (Å²) in [5.74, 6) is -1.92. The molecule has 25 heavy (non-hydrogen) atoms. The van der Waals surface area contributed by atoms with Crippen LogP contribution in [0.5, 0.6) is 0 Å². The third-order valence-corrected chi connectivity index (χ3v) is 4.04. The highest BCUT2D eigenvalue weighted by Crippen LogP contribution is 2.41. The Balaban J connectivity index is 2.30. The number of nitrogens with one attached hydrogen (secondary N) is 1. The number of carbonyl (C=O) groups is 1. The van der Waals surface area contributed by atoms with Crippen molar-refractivity contribution in [3.8, 4) is 0 Å². The maximum Gasteiger partial charge on any atom is 0.469 e. The van der Waals surface area contributed by atoms with Gasteiger partial charge in [-0.2, -0.15) is 4.39 Å². The Hall–Kier alpha value is -1.85. The standard InChI is InChI=1S/C12H16FN2O9P/c1-5(24-25(19,20)21)10-8(22-6(2)16)3-9(23-10)15-4-7(13)11(17)14-12(15)18/h4-5,8-10H,3H2,1-2H3,(H,14,17,18)(H2,19,20,21)/t5?,8-,9+,10+/m0/s1. The predicted octanol–water partition coefficient (Wildman–Crippen LogP) is -0.607. The van der Waals surface area contributed by atoms with Crippen molar-refractivity contribution >= 4 is 13.8 Å². The second-order valence-corrected chi connectivity index (χ2v) is 6.58. The molecule has 1 aromatic heterocycles. The zero-order chi connectivity index (χ0) is 18.9. The van der Waals surface area contributed by atoms with E-state index in [1.807, 2.05) is 0 Å². The van der Waals surface area contributed by atoms with E-state index in [1.165, 1.54) is 6.92 Å². The van der Waals surface area contributed by atoms with Crippen LogP contribution in [0.15, 0.2) is 15.8 Å². The minimum atomic E-state index is -4.85. The Kier molecular flexibility index (Phi) is 5.59. The molecule has 0 radical (unpaired) electrons. The molecule has 1 fully saturated rings. The first-order valence-corrected chi connectivity index (χ1v) is 8.58. The molecule has 1 aliphatic heterocycles. The summed E-state index contributed by atoms with van der Waals surface area (Å²) in [6.07, 6.45) is -3.98. The number of rotatable bonds is 5. The van der Waals surface area contributed by atoms with Crippen LogP contribution >= 0.6 is 7.82 Å². The largest absolute Gasteiger partial charge is 0.469 e. The first-order valence-electron chi connectivity index (χ1n) is 7.05. The topological polar surface area (TPSA) is 157 Å². The Morgan fingerprint density at radius 3 is 2.72 bits per heavy atom. The molecule has 0 aromatic carbocycles. The molecule has 4 atom stereocenters. The smallest absolute Gasteiger partial charge is 0.459 e. The molecule has 0 amide bonds. The van der Waals surface area contributed by atoms with Crippen LogP contribution in [0.1, 0.15) is 26.5 Å². The van der Waals surface area contributed by atoms with E-state index in [9.17, 15) is 23.3 Å². The molecule has 140 valence electrons. The molecule has 2 heterocycles. The Bertz CT molecular complexity index is 816. The van der Waals surface area contributed by atoms with Gasteiger partial charge in [-0.1, -0.05) is 0 Å². The van der Waals surface area contributed by atoms with E-state index in [1.54, 1.807) is 4.98 Å². The average Bonchev–Trinajstić information content (AvgIpc) is 2.84. The number of phosphoric acid groups is 1. The van der Waals surface area contributed by atoms with E-state index >= 15 is 0 Å². The van der Waals surface area contributed by atoms with Gasteiger partial charge in [-0.25, -0.2) is 9.36 Å². The lowest BCUT2D eigenvalue weighted by molar-refractivity contribution is -0.152. The highest BCUT2D eigenvalue weighted by Gasteiger charge is 2.44. The fourth-order valence-electron chi connectivity index (χ4n) is 2.53. The summed E-state index contributed by atoms with van der Waals surface area (Å²) in [5.41, 5.74) is -2.16. The van der Waals surface area contributed by atoms with Crippen molar-refractivity contribution < 1.29 is 37.5 Å². The lowest BCUT2D eigenvalue weighted by Crippen LogP contribution is -2.37. The lowest BCUT2D eigenvalue weighted by Gasteiger charge is -2.24. The number of aromatic nitrogens is 2. The molecule has 0 spiro atoms. The van der Waals surface area contributed by atoms with Crippen LogP contribution in [0.25, 0.3) is 0 Å². The average molecular weight is 382 g/mol. The summed E-state index contributed by atoms with van der Waals surface area (Å²) >= 11 is 0. The number of phosphoric ester groups is 1. The third-order valence-electron chi connectivity index (χ3n) is 3.43. The van der Waals surface area contributed by atoms with Crippen LogP contribution in [-0.4, -0.2) is 43.6 Å². The Morgan fingerprint density at radius 2 is 2.16 bits per heavy atom. The minimum Gasteiger partial charge on any atom is -0.459 e. The van der Waals surface area contributed by atoms with Crippen molar-refractivity contribution in [2.45, 2.75) is 44.8 Å². The SMILES string of the molecule is CC(=O)O[C@H]1C[C@H](n2cc(F)c(=O)[nH]c2=O)O[C@@H]1C(C)OP(=O)(O)O. The Morgan fingerprint density at radius 1 is 1.52 bits per heavy atom. The third kappa shape index (κ3) is 4.83. The van der Waals surface area contributed by atoms with Crippen LogP contribution in [0.4, 0.5) is 4.39 Å². The normalized spacial score (nSPS) is 24.9. The fraction of sp³-hybridized carbons (Fsp3) is 0.583. The first-order chi connectivity index (χ1) is 11.5. The molecule has 1 aromatic rings. The van der Waals surface area contributed by atoms with Crippen LogP contribution in [0.3, 0.4) is 0 Å². The number of hydrogen-bond acceptors (Lipinski definition) is 7. The lowest BCUT2D eigenvalue weighted by atomic mass is 10.1. The molecular formula is C12H16FN2O9P. The molecule has 3 N–H and O–H groups in total. The maximum absolute atomic E-state index is 13.4. The van der Waals surface area contributed by atoms with E-state index in [4.69, 9.17) is 19.3 Å². The highest BCUT2D eigenvalue weighted by molar-refractivity contribution is 7.46. The van der Waals surface area contributed by atoms with Gasteiger partial charge in [0.15, 0.2) is 0 Å². The molecular weight excluding hydrogens is 366 g/mol. The van der Waals surface area contributed by atoms with Gasteiger partial charge in [-0.15, -0.1) is 0 Å². The van der Waals surface area contributed by atoms with Gasteiger partial charge in [-0.3, -0.25) is 23.7 Å². The van der Waals surface area contributed by atoms with E-state index in [0.717, 1.165) is 11.5 Å². The number of hydrogen-bond donors (Lipinski definition) is 3. The van der Waals surface area contributed by atoms with Crippen LogP contribution in [0, 0.1) is 5.82 Å². The van der Waals surface area contributed by atoms with E-state index < -0.39 is 55.4 Å². The monoisotopic (exact) mass is 382 g/mol. The molecule has 13 heteroatoms. The van der Waals surface area contributed by atoms with Gasteiger partial charge in [-0.05, 0) is 6.92 Å². The number of ether oxygens (including phenoxy) is 2. The van der Waals surface area contributed by atoms with Crippen molar-refractivity contribution in [3.63, 3.8) is 0 Å². The molecule has 2 rings (SSSR count). The summed E-state index contributed by atoms with van der Waals surface area (Å²) in [5, 5.41) is 0. The summed E-state index contributed by atoms with van der Waals surface area (Å²) in [6.45, 7) is 2.39. The van der Waals surface area contributed by atoms with Crippen molar-refractivity contribution in [1.29, 1.82) is 0 Å². The van der Waals surface area contributed by atoms with Crippen molar-refractivity contribution in [2.75, 3.05) is 0 Å². The number of halogens is 1. The quantitative estimate of drug-likeness (QED) is 0.446. The summed E-state index contributed by atoms with van der Waals surface area (Å²) in [4.78, 5) is 53.6. The van der Waals surface area contributed by atoms with E-state index in [2.05, 4.69) is 4.52 Å². The van der Waals surface area contributed by atoms with E-state index in [-0.39, 0.29) is 6.42 Å². The molecule has 0 saturated carbocycles. The van der Waals surface area contributed by atoms with Crippen LogP contribution in [0.2, 0.25) is 0 Å². The predicted molar refractivity (Wildman–Crippen MR) is 78.0 cm³/mol. The van der Waals surface area contributed by atoms with Crippen LogP contribution < -0.4 is 11.2 Å². The second-order valence-electron chi connectivity index (χ2n) is 5.38. The summed E-state index contributed by atoms with van der Waals surface area (Å²) in [6, 6.07) is 0. The number of carbonyl (C=O) groups excluding carboxylic acids is 1. The molecule has 11 nitrogen and oxygen atoms in total. The molecule has 1 unspecified atom stereocenters. The van der Waals surface area contributed by atoms with Gasteiger partial charge in [0.2, 0.25) is 5.82 Å². The number of H-pyrrole nitrogens is 1. The van der Waals surface area contributed by atoms with Crippen LogP contribution in [-0.2, 0) is 23.4 Å². The minimum absolute atomic E-state index is 0.121. The summed E-state index contributed by atoms with van der Waals surface area (Å²) in [7, 11) is -4.85. The molecule has 0 aliphatic carbocycles. The molecule has 1 aliphatic rings. The van der Waals surface area contributed by atoms with Gasteiger partial charge in [0, 0.05) is 13.3 Å². The zero-order valence-electron chi connectivity index (χ0n) is 13.1. The molecule has 0 bridgehead atoms.